The molecule has 12 heteroatoms. The van der Waals surface area contributed by atoms with Crippen LogP contribution in [0.2, 0.25) is 0 Å². The molecule has 12 aromatic carbocycles. The van der Waals surface area contributed by atoms with Crippen molar-refractivity contribution in [2.45, 2.75) is 210 Å². The standard InChI is InChI=1S/C108H102N12/c1-54-28-25-29-55(2)81(54)59-46-69(87-80(47-59)120-97-86-68-51-63(105(14,15)16)38-43-76(68)115-91(86)94(117-77-32-26-30-70(107(20,21)22)88(77)111-100(115)117)84-66-49-61(103(8,9)10)36-41-74(66)114(93(84)97)99(120)110-87)82-56(3)44-58(45-57(82)4)53-108(23,24)71-31-27-33-78-89(71)112-101-116-75-42-37-62(104(11,12)13)50-67(75)85-90(116)95(118(78)101)83-65-48-60(102(5,6)7)35-40-73(65)113-92(83)96(85)119-79-52-64(106(17,18)19)34-39-72(79)109-98(113)119/h25-52H,53H2,1-24H3. The Morgan fingerprint density at radius 1 is 0.258 bits per heavy atom. The first-order valence-electron chi connectivity index (χ1n) is 43.3. The molecule has 0 saturated heterocycles. The van der Waals surface area contributed by atoms with Crippen LogP contribution in [0.5, 0.6) is 0 Å². The van der Waals surface area contributed by atoms with E-state index in [0.29, 0.717) is 0 Å². The summed E-state index contributed by atoms with van der Waals surface area (Å²) in [4.78, 5) is 23.7. The van der Waals surface area contributed by atoms with Crippen LogP contribution in [0.25, 0.3) is 199 Å². The summed E-state index contributed by atoms with van der Waals surface area (Å²) < 4.78 is 20.2. The van der Waals surface area contributed by atoms with E-state index in [0.717, 1.165) is 101 Å². The lowest BCUT2D eigenvalue weighted by molar-refractivity contribution is 0.526. The predicted octanol–water partition coefficient (Wildman–Crippen LogP) is 27.8. The number of aromatic nitrogens is 12. The molecule has 0 radical (unpaired) electrons. The second-order valence-corrected chi connectivity index (χ2v) is 42.9. The number of benzene rings is 12. The third-order valence-corrected chi connectivity index (χ3v) is 28.3. The zero-order chi connectivity index (χ0) is 83.2. The molecule has 0 fully saturated rings. The van der Waals surface area contributed by atoms with Gasteiger partial charge in [0.05, 0.1) is 110 Å². The van der Waals surface area contributed by atoms with Gasteiger partial charge in [-0.25, -0.2) is 19.9 Å². The third-order valence-electron chi connectivity index (χ3n) is 28.3. The summed E-state index contributed by atoms with van der Waals surface area (Å²) in [6.45, 7) is 56.1. The van der Waals surface area contributed by atoms with Crippen LogP contribution in [0.4, 0.5) is 0 Å². The van der Waals surface area contributed by atoms with E-state index in [2.05, 4.69) is 371 Å². The van der Waals surface area contributed by atoms with Crippen molar-refractivity contribution in [2.75, 3.05) is 0 Å². The molecular formula is C108H102N12. The van der Waals surface area contributed by atoms with Crippen LogP contribution in [0.1, 0.15) is 205 Å². The Balaban J connectivity index is 0.737. The van der Waals surface area contributed by atoms with Crippen molar-refractivity contribution in [3.63, 3.8) is 0 Å². The van der Waals surface area contributed by atoms with Crippen molar-refractivity contribution < 1.29 is 0 Å². The second-order valence-electron chi connectivity index (χ2n) is 42.9. The minimum atomic E-state index is -0.382. The summed E-state index contributed by atoms with van der Waals surface area (Å²) in [5.41, 5.74) is 41.6. The molecule has 12 aromatic heterocycles. The van der Waals surface area contributed by atoms with Crippen LogP contribution < -0.4 is 0 Å². The number of hydrogen-bond acceptors (Lipinski definition) is 4. The molecule has 24 aromatic rings. The Kier molecular flexibility index (Phi) is 13.4. The van der Waals surface area contributed by atoms with Crippen molar-refractivity contribution >= 4 is 177 Å². The normalized spacial score (nSPS) is 14.0. The largest absolute Gasteiger partial charge is 0.277 e. The van der Waals surface area contributed by atoms with Gasteiger partial charge >= 0.3 is 0 Å². The van der Waals surface area contributed by atoms with Gasteiger partial charge in [0.25, 0.3) is 0 Å². The summed E-state index contributed by atoms with van der Waals surface area (Å²) >= 11 is 0. The van der Waals surface area contributed by atoms with Crippen molar-refractivity contribution in [3.05, 3.63) is 237 Å². The van der Waals surface area contributed by atoms with Gasteiger partial charge < -0.3 is 0 Å². The number of fused-ring (bicyclic) bond motifs is 36. The molecule has 0 spiro atoms. The molecule has 12 heterocycles. The number of aryl methyl sites for hydroxylation is 4. The molecule has 0 aliphatic rings. The minimum Gasteiger partial charge on any atom is -0.277 e. The van der Waals surface area contributed by atoms with Gasteiger partial charge in [0.1, 0.15) is 0 Å². The lowest BCUT2D eigenvalue weighted by Gasteiger charge is -2.27. The second kappa shape index (κ2) is 22.4. The van der Waals surface area contributed by atoms with Crippen LogP contribution >= 0.6 is 0 Å². The van der Waals surface area contributed by atoms with Crippen molar-refractivity contribution in [1.82, 2.24) is 55.1 Å². The van der Waals surface area contributed by atoms with Crippen molar-refractivity contribution in [3.8, 4) is 22.3 Å². The van der Waals surface area contributed by atoms with E-state index in [1.54, 1.807) is 0 Å². The molecule has 0 bridgehead atoms. The maximum Gasteiger partial charge on any atom is 0.220 e. The lowest BCUT2D eigenvalue weighted by Crippen LogP contribution is -2.21. The summed E-state index contributed by atoms with van der Waals surface area (Å²) in [6.07, 6.45) is 0.781. The third kappa shape index (κ3) is 9.06. The Bertz CT molecular complexity index is 8700. The van der Waals surface area contributed by atoms with Gasteiger partial charge in [-0.15, -0.1) is 0 Å². The zero-order valence-electron chi connectivity index (χ0n) is 73.7. The Hall–Kier alpha value is -12.3. The molecule has 0 unspecified atom stereocenters. The summed E-state index contributed by atoms with van der Waals surface area (Å²) in [5, 5.41) is 9.83. The molecule has 12 nitrogen and oxygen atoms in total. The van der Waals surface area contributed by atoms with Crippen LogP contribution in [0.15, 0.2) is 170 Å². The number of para-hydroxylation sites is 2. The number of imidazole rings is 8. The average molecular weight is 1570 g/mol. The Morgan fingerprint density at radius 2 is 0.592 bits per heavy atom. The topological polar surface area (TPSA) is 86.8 Å². The maximum atomic E-state index is 6.18. The highest BCUT2D eigenvalue weighted by molar-refractivity contribution is 6.39. The van der Waals surface area contributed by atoms with E-state index in [4.69, 9.17) is 19.9 Å². The van der Waals surface area contributed by atoms with Gasteiger partial charge in [-0.05, 0) is 240 Å². The Morgan fingerprint density at radius 3 is 0.992 bits per heavy atom. The fraction of sp³-hybridized carbons (Fsp3) is 0.296. The first kappa shape index (κ1) is 71.8. The fourth-order valence-corrected chi connectivity index (χ4v) is 22.4. The van der Waals surface area contributed by atoms with Gasteiger partial charge in [0, 0.05) is 48.7 Å². The molecule has 24 rings (SSSR count). The Labute approximate surface area is 696 Å². The zero-order valence-corrected chi connectivity index (χ0v) is 73.7. The van der Waals surface area contributed by atoms with Crippen LogP contribution in [-0.2, 0) is 44.3 Å². The van der Waals surface area contributed by atoms with Gasteiger partial charge in [-0.3, -0.25) is 35.2 Å². The van der Waals surface area contributed by atoms with E-state index < -0.39 is 0 Å². The molecule has 0 aliphatic heterocycles. The van der Waals surface area contributed by atoms with Gasteiger partial charge in [-0.1, -0.05) is 223 Å². The average Bonchev–Trinajstić information content (AvgIpc) is 1.48. The molecule has 0 atom stereocenters. The van der Waals surface area contributed by atoms with E-state index >= 15 is 0 Å². The maximum absolute atomic E-state index is 6.18. The van der Waals surface area contributed by atoms with E-state index in [9.17, 15) is 0 Å². The van der Waals surface area contributed by atoms with E-state index in [1.165, 1.54) is 171 Å². The lowest BCUT2D eigenvalue weighted by atomic mass is 9.77. The molecule has 0 amide bonds. The van der Waals surface area contributed by atoms with Gasteiger partial charge in [0.2, 0.25) is 23.1 Å². The van der Waals surface area contributed by atoms with E-state index in [-0.39, 0.29) is 37.9 Å². The summed E-state index contributed by atoms with van der Waals surface area (Å²) in [7, 11) is 0. The first-order chi connectivity index (χ1) is 56.7. The minimum absolute atomic E-state index is 0.0633. The van der Waals surface area contributed by atoms with Crippen LogP contribution in [0, 0.1) is 27.7 Å². The van der Waals surface area contributed by atoms with Crippen molar-refractivity contribution in [1.29, 1.82) is 0 Å². The highest BCUT2D eigenvalue weighted by atomic mass is 15.2. The number of rotatable bonds is 5. The van der Waals surface area contributed by atoms with E-state index in [1.807, 2.05) is 0 Å². The molecular weight excluding hydrogens is 1470 g/mol. The smallest absolute Gasteiger partial charge is 0.220 e. The molecule has 0 aliphatic carbocycles. The fourth-order valence-electron chi connectivity index (χ4n) is 22.4. The number of nitrogens with zero attached hydrogens (tertiary/aromatic N) is 12. The number of hydrogen-bond donors (Lipinski definition) is 0. The summed E-state index contributed by atoms with van der Waals surface area (Å²) in [6, 6.07) is 66.4. The molecule has 594 valence electrons. The molecule has 120 heavy (non-hydrogen) atoms. The van der Waals surface area contributed by atoms with Crippen molar-refractivity contribution in [2.24, 2.45) is 0 Å². The highest BCUT2D eigenvalue weighted by Gasteiger charge is 2.39. The molecule has 0 saturated carbocycles. The summed E-state index contributed by atoms with van der Waals surface area (Å²) in [5.74, 6) is 3.72. The SMILES string of the molecule is Cc1cccc(C)c1-c1cc(-c2c(C)cc(CC(C)(C)c3cccc4c3nc3n4c4c5c6cc(C(C)(C)C)ccc6n6c5c(c5c7cc(C(C)(C)C)ccc7n3c54)n3c4cc(C(C)(C)C)ccc4nc36)cc2C)c2nc3n(c2c1)c1c2c4cc(C(C)(C)C)ccc4n4c2c(c2c5cc(C(C)(C)C)ccc5n3c21)n1c2cccc(C(C)(C)C)c2nc14. The predicted molar refractivity (Wildman–Crippen MR) is 505 cm³/mol. The highest BCUT2D eigenvalue weighted by Crippen LogP contribution is 2.55. The quantitative estimate of drug-likeness (QED) is 0.172. The monoisotopic (exact) mass is 1570 g/mol. The van der Waals surface area contributed by atoms with Crippen LogP contribution in [0.3, 0.4) is 0 Å². The van der Waals surface area contributed by atoms with Crippen LogP contribution in [-0.4, -0.2) is 55.1 Å². The van der Waals surface area contributed by atoms with Gasteiger partial charge in [-0.2, -0.15) is 0 Å². The first-order valence-corrected chi connectivity index (χ1v) is 43.3. The van der Waals surface area contributed by atoms with Gasteiger partial charge in [0.15, 0.2) is 0 Å². The molecule has 0 N–H and O–H groups in total.